The lowest BCUT2D eigenvalue weighted by Gasteiger charge is -2.34. The Morgan fingerprint density at radius 1 is 0.686 bits per heavy atom. The first-order valence-electron chi connectivity index (χ1n) is 14.8. The summed E-state index contributed by atoms with van der Waals surface area (Å²) in [7, 11) is -6.03. The van der Waals surface area contributed by atoms with Crippen LogP contribution in [0.15, 0.2) is 23.0 Å². The third-order valence-electron chi connectivity index (χ3n) is 8.12. The first-order valence-corrected chi connectivity index (χ1v) is 21.7. The molecule has 0 amide bonds. The smallest absolute Gasteiger partial charge is 0.351 e. The Bertz CT molecular complexity index is 553. The van der Waals surface area contributed by atoms with Gasteiger partial charge in [0.1, 0.15) is 0 Å². The molecule has 0 saturated carbocycles. The molecule has 0 aromatic rings. The number of hydrogen-bond acceptors (Lipinski definition) is 4. The summed E-state index contributed by atoms with van der Waals surface area (Å²) in [5.74, 6) is 0. The molecule has 0 aromatic carbocycles. The fourth-order valence-corrected chi connectivity index (χ4v) is 14.0. The van der Waals surface area contributed by atoms with E-state index in [1.54, 1.807) is 5.20 Å². The van der Waals surface area contributed by atoms with Gasteiger partial charge in [0.15, 0.2) is 0 Å². The SMILES string of the molecule is CCCCC(/C=C(\C/C=C/[Si](CC)(CC)CC)[Si](CC)(CC)CC)O[Si](OCC)(OCC)OCC. The van der Waals surface area contributed by atoms with Gasteiger partial charge in [0.2, 0.25) is 0 Å². The normalized spacial score (nSPS) is 14.7. The van der Waals surface area contributed by atoms with Gasteiger partial charge >= 0.3 is 9.05 Å². The van der Waals surface area contributed by atoms with Crippen molar-refractivity contribution in [3.05, 3.63) is 23.0 Å². The molecule has 208 valence electrons. The lowest BCUT2D eigenvalue weighted by atomic mass is 10.1. The van der Waals surface area contributed by atoms with Crippen molar-refractivity contribution in [1.29, 1.82) is 0 Å². The number of unbranched alkanes of at least 4 members (excludes halogenated alkanes) is 1. The molecule has 0 saturated heterocycles. The average molecular weight is 545 g/mol. The van der Waals surface area contributed by atoms with Crippen molar-refractivity contribution in [3.63, 3.8) is 0 Å². The maximum atomic E-state index is 6.73. The van der Waals surface area contributed by atoms with Crippen LogP contribution in [0.4, 0.5) is 0 Å². The predicted molar refractivity (Wildman–Crippen MR) is 161 cm³/mol. The highest BCUT2D eigenvalue weighted by atomic mass is 28.4. The first kappa shape index (κ1) is 35.0. The molecule has 0 heterocycles. The van der Waals surface area contributed by atoms with E-state index >= 15 is 0 Å². The Balaban J connectivity index is 6.44. The average Bonchev–Trinajstić information content (AvgIpc) is 2.87. The van der Waals surface area contributed by atoms with E-state index in [4.69, 9.17) is 17.7 Å². The topological polar surface area (TPSA) is 36.9 Å². The minimum Gasteiger partial charge on any atom is -0.351 e. The molecule has 0 aromatic heterocycles. The molecule has 1 unspecified atom stereocenters. The monoisotopic (exact) mass is 544 g/mol. The van der Waals surface area contributed by atoms with E-state index in [-0.39, 0.29) is 6.10 Å². The van der Waals surface area contributed by atoms with Crippen molar-refractivity contribution in [1.82, 2.24) is 0 Å². The van der Waals surface area contributed by atoms with Crippen LogP contribution in [0.5, 0.6) is 0 Å². The van der Waals surface area contributed by atoms with Gasteiger partial charge in [-0.15, -0.1) is 0 Å². The molecule has 0 N–H and O–H groups in total. The summed E-state index contributed by atoms with van der Waals surface area (Å²) in [6, 6.07) is 7.84. The minimum atomic E-state index is -3.18. The molecule has 0 aliphatic rings. The largest absolute Gasteiger partial charge is 0.680 e. The van der Waals surface area contributed by atoms with E-state index in [0.717, 1.165) is 25.7 Å². The van der Waals surface area contributed by atoms with Gasteiger partial charge < -0.3 is 17.7 Å². The van der Waals surface area contributed by atoms with Crippen molar-refractivity contribution in [3.8, 4) is 0 Å². The number of rotatable bonds is 22. The van der Waals surface area contributed by atoms with Gasteiger partial charge in [-0.05, 0) is 33.6 Å². The summed E-state index contributed by atoms with van der Waals surface area (Å²) in [6.07, 6.45) is 9.30. The van der Waals surface area contributed by atoms with Crippen LogP contribution >= 0.6 is 0 Å². The van der Waals surface area contributed by atoms with Crippen LogP contribution in [0, 0.1) is 0 Å². The van der Waals surface area contributed by atoms with Crippen LogP contribution in [0.25, 0.3) is 0 Å². The zero-order valence-corrected chi connectivity index (χ0v) is 28.1. The Hall–Kier alpha value is -0.0294. The van der Waals surface area contributed by atoms with Crippen LogP contribution in [-0.2, 0) is 17.7 Å². The van der Waals surface area contributed by atoms with E-state index in [1.165, 1.54) is 36.3 Å². The Morgan fingerprint density at radius 2 is 1.17 bits per heavy atom. The third-order valence-corrected chi connectivity index (χ3v) is 21.6. The molecule has 7 heteroatoms. The summed E-state index contributed by atoms with van der Waals surface area (Å²) in [4.78, 5) is 0. The third kappa shape index (κ3) is 11.1. The molecule has 35 heavy (non-hydrogen) atoms. The maximum Gasteiger partial charge on any atom is 0.680 e. The molecule has 0 aliphatic carbocycles. The zero-order chi connectivity index (χ0) is 26.8. The lowest BCUT2D eigenvalue weighted by Crippen LogP contribution is -2.51. The second-order valence-electron chi connectivity index (χ2n) is 9.66. The molecular weight excluding hydrogens is 485 g/mol. The Labute approximate surface area is 222 Å². The fraction of sp³-hybridized carbons (Fsp3) is 0.857. The van der Waals surface area contributed by atoms with Gasteiger partial charge in [0.25, 0.3) is 0 Å². The quantitative estimate of drug-likeness (QED) is 0.127. The van der Waals surface area contributed by atoms with E-state index in [9.17, 15) is 0 Å². The second-order valence-corrected chi connectivity index (χ2v) is 22.3. The van der Waals surface area contributed by atoms with Gasteiger partial charge in [0.05, 0.1) is 22.3 Å². The standard InChI is InChI=1S/C28H60O4Si3/c1-11-21-23-27(32-35(29-12-2,30-13-3)31-14-4)26-28(34(18-8,19-9)20-10)24-22-25-33(15-5,16-6)17-7/h22,25-27H,11-21,23-24H2,1-10H3/b25-22+,28-26+. The molecule has 0 fully saturated rings. The van der Waals surface area contributed by atoms with Crippen molar-refractivity contribution in [2.75, 3.05) is 19.8 Å². The minimum absolute atomic E-state index is 0.0308. The van der Waals surface area contributed by atoms with Gasteiger partial charge in [-0.3, -0.25) is 0 Å². The lowest BCUT2D eigenvalue weighted by molar-refractivity contribution is -0.0423. The molecule has 0 bridgehead atoms. The number of allylic oxidation sites excluding steroid dienone is 2. The Kier molecular flexibility index (Phi) is 19.1. The Morgan fingerprint density at radius 3 is 1.54 bits per heavy atom. The molecule has 4 nitrogen and oxygen atoms in total. The first-order chi connectivity index (χ1) is 16.8. The maximum absolute atomic E-state index is 6.73. The highest BCUT2D eigenvalue weighted by Crippen LogP contribution is 2.33. The highest BCUT2D eigenvalue weighted by molar-refractivity contribution is 6.86. The van der Waals surface area contributed by atoms with Crippen molar-refractivity contribution in [2.24, 2.45) is 0 Å². The molecule has 1 atom stereocenters. The van der Waals surface area contributed by atoms with E-state index < -0.39 is 25.2 Å². The van der Waals surface area contributed by atoms with E-state index in [0.29, 0.717) is 19.8 Å². The van der Waals surface area contributed by atoms with Crippen LogP contribution in [0.1, 0.15) is 94.9 Å². The molecule has 0 radical (unpaired) electrons. The molecular formula is C28H60O4Si3. The van der Waals surface area contributed by atoms with Gasteiger partial charge in [-0.2, -0.15) is 0 Å². The van der Waals surface area contributed by atoms with Crippen LogP contribution in [0.3, 0.4) is 0 Å². The van der Waals surface area contributed by atoms with Crippen molar-refractivity contribution < 1.29 is 17.7 Å². The molecule has 0 spiro atoms. The summed E-state index contributed by atoms with van der Waals surface area (Å²) >= 11 is 0. The predicted octanol–water partition coefficient (Wildman–Crippen LogP) is 9.08. The van der Waals surface area contributed by atoms with Gasteiger partial charge in [0, 0.05) is 19.8 Å². The van der Waals surface area contributed by atoms with E-state index in [1.807, 2.05) is 20.8 Å². The van der Waals surface area contributed by atoms with Gasteiger partial charge in [-0.25, -0.2) is 0 Å². The highest BCUT2D eigenvalue weighted by Gasteiger charge is 2.47. The molecule has 0 aliphatic heterocycles. The summed E-state index contributed by atoms with van der Waals surface area (Å²) in [5.41, 5.74) is 2.66. The zero-order valence-electron chi connectivity index (χ0n) is 25.1. The van der Waals surface area contributed by atoms with Crippen molar-refractivity contribution >= 4 is 25.2 Å². The van der Waals surface area contributed by atoms with Crippen LogP contribution < -0.4 is 0 Å². The van der Waals surface area contributed by atoms with Gasteiger partial charge in [-0.1, -0.05) is 121 Å². The van der Waals surface area contributed by atoms with Crippen molar-refractivity contribution in [2.45, 2.75) is 137 Å². The number of hydrogen-bond donors (Lipinski definition) is 0. The van der Waals surface area contributed by atoms with Crippen LogP contribution in [0.2, 0.25) is 36.3 Å². The summed E-state index contributed by atoms with van der Waals surface area (Å²) < 4.78 is 25.0. The molecule has 0 rings (SSSR count). The summed E-state index contributed by atoms with van der Waals surface area (Å²) in [6.45, 7) is 24.2. The van der Waals surface area contributed by atoms with E-state index in [2.05, 4.69) is 66.3 Å². The second kappa shape index (κ2) is 19.1. The summed E-state index contributed by atoms with van der Waals surface area (Å²) in [5, 5.41) is 1.65. The fourth-order valence-electron chi connectivity index (χ4n) is 5.18. The van der Waals surface area contributed by atoms with Crippen LogP contribution in [-0.4, -0.2) is 51.1 Å².